The zero-order valence-electron chi connectivity index (χ0n) is 14.1. The smallest absolute Gasteiger partial charge is 0.276 e. The number of carbonyl (C=O) groups excluding carboxylic acids is 1. The molecular weight excluding hydrogens is 318 g/mol. The van der Waals surface area contributed by atoms with Crippen LogP contribution in [0.15, 0.2) is 53.6 Å². The van der Waals surface area contributed by atoms with Gasteiger partial charge in [-0.1, -0.05) is 12.1 Å². The number of imidazole rings is 1. The van der Waals surface area contributed by atoms with Crippen molar-refractivity contribution in [3.63, 3.8) is 0 Å². The van der Waals surface area contributed by atoms with Crippen molar-refractivity contribution < 1.29 is 4.79 Å². The summed E-state index contributed by atoms with van der Waals surface area (Å²) in [5.41, 5.74) is 1.52. The molecule has 3 rings (SSSR count). The van der Waals surface area contributed by atoms with Crippen molar-refractivity contribution in [1.29, 1.82) is 0 Å². The molecule has 1 aromatic carbocycles. The fourth-order valence-corrected chi connectivity index (χ4v) is 2.55. The lowest BCUT2D eigenvalue weighted by atomic mass is 10.2. The van der Waals surface area contributed by atoms with Crippen LogP contribution in [-0.2, 0) is 13.1 Å². The fourth-order valence-electron chi connectivity index (χ4n) is 2.55. The Morgan fingerprint density at radius 2 is 2.00 bits per heavy atom. The maximum atomic E-state index is 12.4. The molecule has 128 valence electrons. The first-order chi connectivity index (χ1) is 12.1. The summed E-state index contributed by atoms with van der Waals surface area (Å²) >= 11 is 0. The van der Waals surface area contributed by atoms with Gasteiger partial charge in [0, 0.05) is 42.8 Å². The third kappa shape index (κ3) is 3.50. The lowest BCUT2D eigenvalue weighted by molar-refractivity contribution is 0.102. The van der Waals surface area contributed by atoms with Gasteiger partial charge in [0.05, 0.1) is 0 Å². The first-order valence-electron chi connectivity index (χ1n) is 8.13. The van der Waals surface area contributed by atoms with Gasteiger partial charge < -0.3 is 9.88 Å². The van der Waals surface area contributed by atoms with Crippen LogP contribution >= 0.6 is 0 Å². The Labute approximate surface area is 144 Å². The van der Waals surface area contributed by atoms with Crippen LogP contribution in [0.3, 0.4) is 0 Å². The molecule has 3 aromatic rings. The highest BCUT2D eigenvalue weighted by Gasteiger charge is 2.11. The highest BCUT2D eigenvalue weighted by Crippen LogP contribution is 2.21. The van der Waals surface area contributed by atoms with Crippen molar-refractivity contribution in [3.8, 4) is 11.4 Å². The summed E-state index contributed by atoms with van der Waals surface area (Å²) in [6.45, 7) is 5.07. The molecule has 0 aliphatic rings. The second kappa shape index (κ2) is 7.12. The van der Waals surface area contributed by atoms with Gasteiger partial charge in [0.25, 0.3) is 11.5 Å². The summed E-state index contributed by atoms with van der Waals surface area (Å²) < 4.78 is 3.28. The molecule has 1 N–H and O–H groups in total. The number of hydrogen-bond donors (Lipinski definition) is 1. The number of aryl methyl sites for hydroxylation is 2. The Morgan fingerprint density at radius 1 is 1.16 bits per heavy atom. The minimum Gasteiger partial charge on any atom is -0.331 e. The lowest BCUT2D eigenvalue weighted by Gasteiger charge is -2.09. The molecule has 0 unspecified atom stereocenters. The minimum atomic E-state index is -0.363. The Bertz CT molecular complexity index is 958. The molecule has 0 aliphatic heterocycles. The van der Waals surface area contributed by atoms with E-state index in [4.69, 9.17) is 0 Å². The zero-order chi connectivity index (χ0) is 17.8. The van der Waals surface area contributed by atoms with Crippen molar-refractivity contribution in [1.82, 2.24) is 19.3 Å². The van der Waals surface area contributed by atoms with Gasteiger partial charge in [-0.2, -0.15) is 5.10 Å². The normalized spacial score (nSPS) is 10.6. The molecule has 1 amide bonds. The second-order valence-corrected chi connectivity index (χ2v) is 5.44. The van der Waals surface area contributed by atoms with E-state index in [-0.39, 0.29) is 17.2 Å². The van der Waals surface area contributed by atoms with E-state index in [1.54, 1.807) is 19.2 Å². The van der Waals surface area contributed by atoms with E-state index >= 15 is 0 Å². The molecule has 0 spiro atoms. The van der Waals surface area contributed by atoms with Gasteiger partial charge in [-0.25, -0.2) is 9.67 Å². The van der Waals surface area contributed by atoms with Crippen LogP contribution in [0.2, 0.25) is 0 Å². The summed E-state index contributed by atoms with van der Waals surface area (Å²) in [6.07, 6.45) is 3.67. The number of nitrogens with one attached hydrogen (secondary N) is 1. The molecular formula is C18H19N5O2. The Morgan fingerprint density at radius 3 is 2.76 bits per heavy atom. The lowest BCUT2D eigenvalue weighted by Crippen LogP contribution is -2.25. The summed E-state index contributed by atoms with van der Waals surface area (Å²) in [5.74, 6) is 0.481. The van der Waals surface area contributed by atoms with Gasteiger partial charge in [0.1, 0.15) is 11.5 Å². The monoisotopic (exact) mass is 337 g/mol. The molecule has 0 fully saturated rings. The molecule has 0 saturated heterocycles. The highest BCUT2D eigenvalue weighted by molar-refractivity contribution is 6.02. The highest BCUT2D eigenvalue weighted by atomic mass is 16.2. The Balaban J connectivity index is 1.85. The maximum Gasteiger partial charge on any atom is 0.276 e. The largest absolute Gasteiger partial charge is 0.331 e. The average Bonchev–Trinajstić information content (AvgIpc) is 3.11. The number of benzene rings is 1. The van der Waals surface area contributed by atoms with Gasteiger partial charge >= 0.3 is 0 Å². The number of rotatable bonds is 5. The average molecular weight is 337 g/mol. The van der Waals surface area contributed by atoms with E-state index in [0.29, 0.717) is 12.2 Å². The Kier molecular flexibility index (Phi) is 4.74. The first-order valence-corrected chi connectivity index (χ1v) is 8.13. The summed E-state index contributed by atoms with van der Waals surface area (Å²) in [6, 6.07) is 10.2. The van der Waals surface area contributed by atoms with E-state index in [1.807, 2.05) is 35.9 Å². The van der Waals surface area contributed by atoms with Crippen LogP contribution in [0.5, 0.6) is 0 Å². The summed E-state index contributed by atoms with van der Waals surface area (Å²) in [7, 11) is 0. The topological polar surface area (TPSA) is 81.8 Å². The first kappa shape index (κ1) is 16.6. The van der Waals surface area contributed by atoms with Crippen molar-refractivity contribution in [3.05, 3.63) is 64.8 Å². The van der Waals surface area contributed by atoms with E-state index < -0.39 is 0 Å². The van der Waals surface area contributed by atoms with Crippen LogP contribution in [0, 0.1) is 0 Å². The number of anilines is 1. The molecule has 0 aliphatic carbocycles. The van der Waals surface area contributed by atoms with Gasteiger partial charge in [0.15, 0.2) is 0 Å². The van der Waals surface area contributed by atoms with E-state index in [0.717, 1.165) is 17.9 Å². The molecule has 0 saturated carbocycles. The predicted octanol–water partition coefficient (Wildman–Crippen LogP) is 2.40. The molecule has 2 aromatic heterocycles. The molecule has 0 atom stereocenters. The van der Waals surface area contributed by atoms with Crippen LogP contribution < -0.4 is 10.9 Å². The fraction of sp³-hybridized carbons (Fsp3) is 0.222. The number of carbonyl (C=O) groups is 1. The van der Waals surface area contributed by atoms with Crippen molar-refractivity contribution in [2.45, 2.75) is 26.9 Å². The number of aromatic nitrogens is 4. The summed E-state index contributed by atoms with van der Waals surface area (Å²) in [5, 5.41) is 6.88. The zero-order valence-corrected chi connectivity index (χ0v) is 14.1. The van der Waals surface area contributed by atoms with Crippen LogP contribution in [0.25, 0.3) is 11.4 Å². The van der Waals surface area contributed by atoms with Crippen molar-refractivity contribution >= 4 is 11.6 Å². The van der Waals surface area contributed by atoms with Gasteiger partial charge in [-0.15, -0.1) is 0 Å². The molecule has 0 radical (unpaired) electrons. The van der Waals surface area contributed by atoms with Crippen LogP contribution in [0.4, 0.5) is 5.69 Å². The number of nitrogens with zero attached hydrogens (tertiary/aromatic N) is 4. The van der Waals surface area contributed by atoms with Crippen LogP contribution in [0.1, 0.15) is 24.3 Å². The van der Waals surface area contributed by atoms with Crippen molar-refractivity contribution in [2.24, 2.45) is 0 Å². The van der Waals surface area contributed by atoms with E-state index in [1.165, 1.54) is 16.8 Å². The van der Waals surface area contributed by atoms with Gasteiger partial charge in [0.2, 0.25) is 0 Å². The predicted molar refractivity (Wildman–Crippen MR) is 95.5 cm³/mol. The third-order valence-corrected chi connectivity index (χ3v) is 3.83. The number of hydrogen-bond acceptors (Lipinski definition) is 4. The second-order valence-electron chi connectivity index (χ2n) is 5.44. The van der Waals surface area contributed by atoms with E-state index in [2.05, 4.69) is 15.4 Å². The van der Waals surface area contributed by atoms with Gasteiger partial charge in [-0.3, -0.25) is 9.59 Å². The van der Waals surface area contributed by atoms with Crippen LogP contribution in [-0.4, -0.2) is 25.2 Å². The van der Waals surface area contributed by atoms with Gasteiger partial charge in [-0.05, 0) is 32.0 Å². The third-order valence-electron chi connectivity index (χ3n) is 3.83. The van der Waals surface area contributed by atoms with E-state index in [9.17, 15) is 9.59 Å². The maximum absolute atomic E-state index is 12.4. The standard InChI is InChI=1S/C18H19N5O2/c1-3-22-11-10-19-17(22)13-6-5-7-14(12-13)20-18(25)15-8-9-16(24)23(4-2)21-15/h5-12H,3-4H2,1-2H3,(H,20,25). The SMILES string of the molecule is CCn1ccnc1-c1cccc(NC(=O)c2ccc(=O)n(CC)n2)c1. The Hall–Kier alpha value is -3.22. The molecule has 2 heterocycles. The molecule has 7 heteroatoms. The molecule has 25 heavy (non-hydrogen) atoms. The molecule has 7 nitrogen and oxygen atoms in total. The minimum absolute atomic E-state index is 0.196. The van der Waals surface area contributed by atoms with Crippen molar-refractivity contribution in [2.75, 3.05) is 5.32 Å². The number of amides is 1. The molecule has 0 bridgehead atoms. The quantitative estimate of drug-likeness (QED) is 0.775. The summed E-state index contributed by atoms with van der Waals surface area (Å²) in [4.78, 5) is 28.4.